The summed E-state index contributed by atoms with van der Waals surface area (Å²) in [6, 6.07) is -0.535. The van der Waals surface area contributed by atoms with Crippen molar-refractivity contribution < 1.29 is 24.5 Å². The molecule has 84 heavy (non-hydrogen) atoms. The lowest BCUT2D eigenvalue weighted by molar-refractivity contribution is -0.143. The number of amides is 1. The summed E-state index contributed by atoms with van der Waals surface area (Å²) in [6.07, 6.45) is 92.1. The number of aliphatic hydroxyl groups excluding tert-OH is 2. The molecule has 0 aromatic rings. The molecule has 0 saturated carbocycles. The van der Waals surface area contributed by atoms with Gasteiger partial charge >= 0.3 is 5.97 Å². The van der Waals surface area contributed by atoms with E-state index in [9.17, 15) is 19.8 Å². The van der Waals surface area contributed by atoms with Gasteiger partial charge in [-0.2, -0.15) is 0 Å². The van der Waals surface area contributed by atoms with Crippen LogP contribution in [-0.2, 0) is 14.3 Å². The highest BCUT2D eigenvalue weighted by Gasteiger charge is 2.20. The van der Waals surface area contributed by atoms with E-state index in [1.807, 2.05) is 0 Å². The second kappa shape index (κ2) is 74.3. The molecule has 0 aromatic carbocycles. The van der Waals surface area contributed by atoms with Gasteiger partial charge in [0.15, 0.2) is 0 Å². The maximum absolute atomic E-state index is 12.5. The molecule has 2 atom stereocenters. The first-order valence-corrected chi connectivity index (χ1v) is 39.3. The van der Waals surface area contributed by atoms with Crippen molar-refractivity contribution in [3.05, 3.63) is 0 Å². The number of nitrogens with one attached hydrogen (secondary N) is 1. The van der Waals surface area contributed by atoms with Crippen LogP contribution >= 0.6 is 0 Å². The molecule has 0 aliphatic heterocycles. The molecule has 0 aliphatic rings. The van der Waals surface area contributed by atoms with E-state index in [1.54, 1.807) is 0 Å². The van der Waals surface area contributed by atoms with Gasteiger partial charge in [0.2, 0.25) is 5.91 Å². The van der Waals surface area contributed by atoms with Gasteiger partial charge in [0.1, 0.15) is 0 Å². The van der Waals surface area contributed by atoms with Crippen LogP contribution in [0.4, 0.5) is 0 Å². The van der Waals surface area contributed by atoms with Gasteiger partial charge in [-0.15, -0.1) is 0 Å². The van der Waals surface area contributed by atoms with E-state index in [0.29, 0.717) is 25.9 Å². The van der Waals surface area contributed by atoms with Gasteiger partial charge in [-0.25, -0.2) is 0 Å². The molecule has 0 heterocycles. The largest absolute Gasteiger partial charge is 0.466 e. The van der Waals surface area contributed by atoms with Crippen LogP contribution in [0, 0.1) is 0 Å². The zero-order valence-corrected chi connectivity index (χ0v) is 57.7. The minimum Gasteiger partial charge on any atom is -0.466 e. The van der Waals surface area contributed by atoms with Crippen LogP contribution in [0.5, 0.6) is 0 Å². The summed E-state index contributed by atoms with van der Waals surface area (Å²) < 4.78 is 5.52. The first-order chi connectivity index (χ1) is 41.5. The van der Waals surface area contributed by atoms with E-state index in [0.717, 1.165) is 38.5 Å². The molecule has 6 nitrogen and oxygen atoms in total. The van der Waals surface area contributed by atoms with Crippen molar-refractivity contribution in [2.75, 3.05) is 13.2 Å². The third-order valence-electron chi connectivity index (χ3n) is 18.9. The molecule has 6 heteroatoms. The lowest BCUT2D eigenvalue weighted by atomic mass is 10.0. The molecule has 0 aliphatic carbocycles. The summed E-state index contributed by atoms with van der Waals surface area (Å²) in [6.45, 7) is 5.01. The predicted molar refractivity (Wildman–Crippen MR) is 371 cm³/mol. The standard InChI is InChI=1S/C78H155NO5/c1-3-5-7-9-11-13-15-17-18-40-44-48-52-56-60-64-68-72-78(83)84-73-69-65-61-57-53-49-45-42-39-37-35-33-31-29-27-25-23-21-19-20-22-24-26-28-30-32-34-36-38-41-43-47-51-55-59-63-67-71-77(82)79-75(74-80)76(81)70-66-62-58-54-50-46-16-14-12-10-8-6-4-2/h75-76,80-81H,3-74H2,1-2H3,(H,79,82). The number of esters is 1. The average molecular weight is 1190 g/mol. The lowest BCUT2D eigenvalue weighted by Crippen LogP contribution is -2.45. The molecule has 0 radical (unpaired) electrons. The zero-order chi connectivity index (χ0) is 60.6. The SMILES string of the molecule is CCCCCCCCCCCCCCCCCCCC(=O)OCCCCCCCCCCCCCCCCCCCCCCCCCCCCCCCCCCCCCCCC(=O)NC(CO)C(O)CCCCCCCCCCCCCCC. The van der Waals surface area contributed by atoms with Crippen LogP contribution < -0.4 is 5.32 Å². The number of carbonyl (C=O) groups excluding carboxylic acids is 2. The van der Waals surface area contributed by atoms with Gasteiger partial charge in [0.25, 0.3) is 0 Å². The maximum Gasteiger partial charge on any atom is 0.305 e. The highest BCUT2D eigenvalue weighted by molar-refractivity contribution is 5.76. The molecule has 502 valence electrons. The number of hydrogen-bond acceptors (Lipinski definition) is 5. The Labute approximate surface area is 527 Å². The lowest BCUT2D eigenvalue weighted by Gasteiger charge is -2.22. The smallest absolute Gasteiger partial charge is 0.305 e. The van der Waals surface area contributed by atoms with E-state index in [-0.39, 0.29) is 18.5 Å². The normalized spacial score (nSPS) is 12.4. The fourth-order valence-corrected chi connectivity index (χ4v) is 12.9. The molecule has 0 fully saturated rings. The summed E-state index contributed by atoms with van der Waals surface area (Å²) in [7, 11) is 0. The summed E-state index contributed by atoms with van der Waals surface area (Å²) in [4.78, 5) is 24.6. The summed E-state index contributed by atoms with van der Waals surface area (Å²) in [5.74, 6) is 0.00273. The summed E-state index contributed by atoms with van der Waals surface area (Å²) in [5.41, 5.74) is 0. The zero-order valence-electron chi connectivity index (χ0n) is 57.7. The van der Waals surface area contributed by atoms with Crippen molar-refractivity contribution in [2.24, 2.45) is 0 Å². The Balaban J connectivity index is 3.26. The number of hydrogen-bond donors (Lipinski definition) is 3. The molecule has 3 N–H and O–H groups in total. The van der Waals surface area contributed by atoms with Gasteiger partial charge in [-0.3, -0.25) is 9.59 Å². The fraction of sp³-hybridized carbons (Fsp3) is 0.974. The van der Waals surface area contributed by atoms with Gasteiger partial charge in [-0.05, 0) is 25.7 Å². The summed E-state index contributed by atoms with van der Waals surface area (Å²) in [5, 5.41) is 23.3. The minimum absolute atomic E-state index is 0.0259. The molecule has 0 spiro atoms. The maximum atomic E-state index is 12.5. The van der Waals surface area contributed by atoms with Crippen LogP contribution in [0.2, 0.25) is 0 Å². The Morgan fingerprint density at radius 3 is 0.726 bits per heavy atom. The molecule has 0 saturated heterocycles. The molecule has 0 rings (SSSR count). The third kappa shape index (κ3) is 70.0. The Bertz CT molecular complexity index is 1230. The number of aliphatic hydroxyl groups is 2. The Morgan fingerprint density at radius 1 is 0.286 bits per heavy atom. The first kappa shape index (κ1) is 82.9. The van der Waals surface area contributed by atoms with E-state index < -0.39 is 12.1 Å². The van der Waals surface area contributed by atoms with Gasteiger partial charge in [0, 0.05) is 12.8 Å². The van der Waals surface area contributed by atoms with Crippen molar-refractivity contribution in [1.82, 2.24) is 5.32 Å². The quantitative estimate of drug-likeness (QED) is 0.0417. The van der Waals surface area contributed by atoms with Crippen LogP contribution in [0.25, 0.3) is 0 Å². The van der Waals surface area contributed by atoms with Gasteiger partial charge < -0.3 is 20.3 Å². The third-order valence-corrected chi connectivity index (χ3v) is 18.9. The highest BCUT2D eigenvalue weighted by Crippen LogP contribution is 2.21. The topological polar surface area (TPSA) is 95.9 Å². The Morgan fingerprint density at radius 2 is 0.488 bits per heavy atom. The minimum atomic E-state index is -0.658. The predicted octanol–water partition coefficient (Wildman–Crippen LogP) is 25.7. The average Bonchev–Trinajstić information content (AvgIpc) is 3.54. The second-order valence-corrected chi connectivity index (χ2v) is 27.4. The summed E-state index contributed by atoms with van der Waals surface area (Å²) >= 11 is 0. The van der Waals surface area contributed by atoms with Crippen molar-refractivity contribution in [1.29, 1.82) is 0 Å². The molecule has 1 amide bonds. The second-order valence-electron chi connectivity index (χ2n) is 27.4. The number of rotatable bonds is 75. The van der Waals surface area contributed by atoms with Crippen molar-refractivity contribution in [3.63, 3.8) is 0 Å². The first-order valence-electron chi connectivity index (χ1n) is 39.3. The molecule has 0 bridgehead atoms. The van der Waals surface area contributed by atoms with Crippen molar-refractivity contribution in [2.45, 2.75) is 475 Å². The van der Waals surface area contributed by atoms with E-state index >= 15 is 0 Å². The Hall–Kier alpha value is -1.14. The van der Waals surface area contributed by atoms with Crippen LogP contribution in [0.1, 0.15) is 463 Å². The van der Waals surface area contributed by atoms with Crippen LogP contribution in [0.15, 0.2) is 0 Å². The highest BCUT2D eigenvalue weighted by atomic mass is 16.5. The fourth-order valence-electron chi connectivity index (χ4n) is 12.9. The monoisotopic (exact) mass is 1190 g/mol. The van der Waals surface area contributed by atoms with Gasteiger partial charge in [-0.1, -0.05) is 425 Å². The van der Waals surface area contributed by atoms with E-state index in [1.165, 1.54) is 392 Å². The van der Waals surface area contributed by atoms with Gasteiger partial charge in [0.05, 0.1) is 25.4 Å². The van der Waals surface area contributed by atoms with Crippen LogP contribution in [-0.4, -0.2) is 47.4 Å². The number of unbranched alkanes of at least 4 members (excludes halogenated alkanes) is 64. The van der Waals surface area contributed by atoms with Crippen LogP contribution in [0.3, 0.4) is 0 Å². The molecule has 2 unspecified atom stereocenters. The number of ether oxygens (including phenoxy) is 1. The molecular weight excluding hydrogens is 1030 g/mol. The molecule has 0 aromatic heterocycles. The Kier molecular flexibility index (Phi) is 73.3. The van der Waals surface area contributed by atoms with Crippen molar-refractivity contribution in [3.8, 4) is 0 Å². The van der Waals surface area contributed by atoms with E-state index in [2.05, 4.69) is 19.2 Å². The number of carbonyl (C=O) groups is 2. The molecular formula is C78H155NO5. The van der Waals surface area contributed by atoms with Crippen molar-refractivity contribution >= 4 is 11.9 Å². The van der Waals surface area contributed by atoms with E-state index in [4.69, 9.17) is 4.74 Å².